The van der Waals surface area contributed by atoms with Crippen LogP contribution in [0.5, 0.6) is 0 Å². The largest absolute Gasteiger partial charge is 0.481 e. The van der Waals surface area contributed by atoms with Gasteiger partial charge in [0.15, 0.2) is 0 Å². The number of carboxylic acid groups (broad SMARTS) is 1. The number of carbonyl (C=O) groups is 3. The molecule has 0 saturated carbocycles. The van der Waals surface area contributed by atoms with Crippen molar-refractivity contribution in [2.24, 2.45) is 0 Å². The monoisotopic (exact) mass is 299 g/mol. The highest BCUT2D eigenvalue weighted by atomic mass is 16.4. The Kier molecular flexibility index (Phi) is 7.14. The van der Waals surface area contributed by atoms with Gasteiger partial charge in [0.25, 0.3) is 0 Å². The zero-order chi connectivity index (χ0) is 15.8. The predicted octanol–water partition coefficient (Wildman–Crippen LogP) is -0.0436. The normalized spacial score (nSPS) is 20.7. The van der Waals surface area contributed by atoms with Crippen molar-refractivity contribution in [2.45, 2.75) is 51.6 Å². The molecule has 21 heavy (non-hydrogen) atoms. The molecule has 3 N–H and O–H groups in total. The molecule has 2 atom stereocenters. The van der Waals surface area contributed by atoms with E-state index in [1.165, 1.54) is 0 Å². The van der Waals surface area contributed by atoms with E-state index in [0.717, 1.165) is 19.3 Å². The molecule has 2 unspecified atom stereocenters. The van der Waals surface area contributed by atoms with Gasteiger partial charge in [0.05, 0.1) is 12.5 Å². The molecule has 0 aliphatic carbocycles. The van der Waals surface area contributed by atoms with Gasteiger partial charge in [0.2, 0.25) is 11.8 Å². The standard InChI is InChI=1S/C14H25N3O4/c1-3-4-5-6-15-13(20)10(2)17-8-7-16-14(21)11(17)9-12(18)19/h10-11H,3-9H2,1-2H3,(H,15,20)(H,16,21)(H,18,19). The molecule has 0 radical (unpaired) electrons. The number of nitrogens with one attached hydrogen (secondary N) is 2. The lowest BCUT2D eigenvalue weighted by Crippen LogP contribution is -2.61. The topological polar surface area (TPSA) is 98.7 Å². The minimum Gasteiger partial charge on any atom is -0.481 e. The van der Waals surface area contributed by atoms with Crippen molar-refractivity contribution in [1.29, 1.82) is 0 Å². The fourth-order valence-electron chi connectivity index (χ4n) is 2.46. The molecule has 1 rings (SSSR count). The molecule has 0 aromatic heterocycles. The molecule has 0 aromatic rings. The fourth-order valence-corrected chi connectivity index (χ4v) is 2.46. The minimum absolute atomic E-state index is 0.156. The van der Waals surface area contributed by atoms with E-state index >= 15 is 0 Å². The van der Waals surface area contributed by atoms with E-state index in [-0.39, 0.29) is 18.2 Å². The van der Waals surface area contributed by atoms with Crippen LogP contribution >= 0.6 is 0 Å². The molecule has 0 aromatic carbocycles. The van der Waals surface area contributed by atoms with Crippen LogP contribution < -0.4 is 10.6 Å². The molecule has 120 valence electrons. The third-order valence-corrected chi connectivity index (χ3v) is 3.70. The molecule has 7 heteroatoms. The smallest absolute Gasteiger partial charge is 0.305 e. The summed E-state index contributed by atoms with van der Waals surface area (Å²) in [4.78, 5) is 36.5. The van der Waals surface area contributed by atoms with Gasteiger partial charge in [-0.2, -0.15) is 0 Å². The molecule has 7 nitrogen and oxygen atoms in total. The van der Waals surface area contributed by atoms with Crippen LogP contribution in [0.1, 0.15) is 39.5 Å². The van der Waals surface area contributed by atoms with Gasteiger partial charge in [-0.05, 0) is 13.3 Å². The second-order valence-corrected chi connectivity index (χ2v) is 5.32. The first-order valence-corrected chi connectivity index (χ1v) is 7.50. The van der Waals surface area contributed by atoms with E-state index in [0.29, 0.717) is 19.6 Å². The Hall–Kier alpha value is -1.63. The van der Waals surface area contributed by atoms with Crippen molar-refractivity contribution in [2.75, 3.05) is 19.6 Å². The average Bonchev–Trinajstić information content (AvgIpc) is 2.44. The van der Waals surface area contributed by atoms with Gasteiger partial charge in [-0.1, -0.05) is 19.8 Å². The highest BCUT2D eigenvalue weighted by Gasteiger charge is 2.36. The van der Waals surface area contributed by atoms with Gasteiger partial charge in [0.1, 0.15) is 6.04 Å². The van der Waals surface area contributed by atoms with Crippen molar-refractivity contribution in [3.05, 3.63) is 0 Å². The molecular formula is C14H25N3O4. The lowest BCUT2D eigenvalue weighted by Gasteiger charge is -2.37. The second kappa shape index (κ2) is 8.61. The maximum absolute atomic E-state index is 12.1. The summed E-state index contributed by atoms with van der Waals surface area (Å²) in [5.41, 5.74) is 0. The Morgan fingerprint density at radius 1 is 1.48 bits per heavy atom. The van der Waals surface area contributed by atoms with Gasteiger partial charge in [0, 0.05) is 19.6 Å². The van der Waals surface area contributed by atoms with E-state index in [4.69, 9.17) is 5.11 Å². The van der Waals surface area contributed by atoms with Crippen molar-refractivity contribution in [1.82, 2.24) is 15.5 Å². The number of hydrogen-bond acceptors (Lipinski definition) is 4. The first kappa shape index (κ1) is 17.4. The third kappa shape index (κ3) is 5.34. The molecule has 0 spiro atoms. The van der Waals surface area contributed by atoms with Gasteiger partial charge < -0.3 is 15.7 Å². The molecule has 1 heterocycles. The summed E-state index contributed by atoms with van der Waals surface area (Å²) in [7, 11) is 0. The maximum Gasteiger partial charge on any atom is 0.305 e. The van der Waals surface area contributed by atoms with Crippen molar-refractivity contribution in [3.8, 4) is 0 Å². The Morgan fingerprint density at radius 2 is 2.19 bits per heavy atom. The molecule has 2 amide bonds. The summed E-state index contributed by atoms with van der Waals surface area (Å²) in [5, 5.41) is 14.4. The second-order valence-electron chi connectivity index (χ2n) is 5.32. The van der Waals surface area contributed by atoms with Gasteiger partial charge in [-0.25, -0.2) is 0 Å². The summed E-state index contributed by atoms with van der Waals surface area (Å²) in [5.74, 6) is -1.52. The number of hydrogen-bond donors (Lipinski definition) is 3. The predicted molar refractivity (Wildman–Crippen MR) is 77.8 cm³/mol. The van der Waals surface area contributed by atoms with E-state index in [1.54, 1.807) is 11.8 Å². The average molecular weight is 299 g/mol. The molecule has 1 aliphatic rings. The zero-order valence-electron chi connectivity index (χ0n) is 12.7. The molecular weight excluding hydrogens is 274 g/mol. The number of carboxylic acids is 1. The third-order valence-electron chi connectivity index (χ3n) is 3.70. The van der Waals surface area contributed by atoms with Crippen LogP contribution in [0.25, 0.3) is 0 Å². The van der Waals surface area contributed by atoms with Gasteiger partial charge in [-0.15, -0.1) is 0 Å². The van der Waals surface area contributed by atoms with Gasteiger partial charge in [-0.3, -0.25) is 19.3 Å². The first-order valence-electron chi connectivity index (χ1n) is 7.50. The first-order chi connectivity index (χ1) is 9.97. The quantitative estimate of drug-likeness (QED) is 0.546. The summed E-state index contributed by atoms with van der Waals surface area (Å²) >= 11 is 0. The highest BCUT2D eigenvalue weighted by molar-refractivity contribution is 5.88. The van der Waals surface area contributed by atoms with Crippen LogP contribution in [-0.2, 0) is 14.4 Å². The lowest BCUT2D eigenvalue weighted by atomic mass is 10.1. The number of aliphatic carboxylic acids is 1. The van der Waals surface area contributed by atoms with Crippen LogP contribution in [0.4, 0.5) is 0 Å². The van der Waals surface area contributed by atoms with Crippen LogP contribution in [0.3, 0.4) is 0 Å². The van der Waals surface area contributed by atoms with Crippen molar-refractivity contribution >= 4 is 17.8 Å². The van der Waals surface area contributed by atoms with E-state index < -0.39 is 18.1 Å². The number of nitrogens with zero attached hydrogens (tertiary/aromatic N) is 1. The maximum atomic E-state index is 12.1. The Bertz CT molecular complexity index is 386. The van der Waals surface area contributed by atoms with E-state index in [9.17, 15) is 14.4 Å². The number of amides is 2. The zero-order valence-corrected chi connectivity index (χ0v) is 12.7. The van der Waals surface area contributed by atoms with Crippen LogP contribution in [0, 0.1) is 0 Å². The van der Waals surface area contributed by atoms with Crippen LogP contribution in [-0.4, -0.2) is 59.5 Å². The summed E-state index contributed by atoms with van der Waals surface area (Å²) < 4.78 is 0. The van der Waals surface area contributed by atoms with E-state index in [1.807, 2.05) is 0 Å². The summed E-state index contributed by atoms with van der Waals surface area (Å²) in [6.07, 6.45) is 2.77. The summed E-state index contributed by atoms with van der Waals surface area (Å²) in [6, 6.07) is -1.30. The fraction of sp³-hybridized carbons (Fsp3) is 0.786. The molecule has 1 aliphatic heterocycles. The lowest BCUT2D eigenvalue weighted by molar-refractivity contribution is -0.145. The van der Waals surface area contributed by atoms with Crippen molar-refractivity contribution in [3.63, 3.8) is 0 Å². The Morgan fingerprint density at radius 3 is 2.81 bits per heavy atom. The van der Waals surface area contributed by atoms with E-state index in [2.05, 4.69) is 17.6 Å². The highest BCUT2D eigenvalue weighted by Crippen LogP contribution is 2.13. The molecule has 1 fully saturated rings. The number of piperazine rings is 1. The number of carbonyl (C=O) groups excluding carboxylic acids is 2. The Balaban J connectivity index is 2.59. The summed E-state index contributed by atoms with van der Waals surface area (Å²) in [6.45, 7) is 5.33. The van der Waals surface area contributed by atoms with Crippen LogP contribution in [0.15, 0.2) is 0 Å². The Labute approximate surface area is 125 Å². The molecule has 0 bridgehead atoms. The number of unbranched alkanes of at least 4 members (excludes halogenated alkanes) is 2. The molecule has 1 saturated heterocycles. The number of rotatable bonds is 8. The van der Waals surface area contributed by atoms with Gasteiger partial charge >= 0.3 is 5.97 Å². The SMILES string of the molecule is CCCCCNC(=O)C(C)N1CCNC(=O)C1CC(=O)O. The van der Waals surface area contributed by atoms with Crippen LogP contribution in [0.2, 0.25) is 0 Å². The minimum atomic E-state index is -1.04. The van der Waals surface area contributed by atoms with Crippen molar-refractivity contribution < 1.29 is 19.5 Å².